The second-order valence-corrected chi connectivity index (χ2v) is 5.79. The van der Waals surface area contributed by atoms with Crippen molar-refractivity contribution in [3.05, 3.63) is 28.5 Å². The number of sulfone groups is 1. The quantitative estimate of drug-likeness (QED) is 0.858. The van der Waals surface area contributed by atoms with Gasteiger partial charge in [-0.15, -0.1) is 0 Å². The summed E-state index contributed by atoms with van der Waals surface area (Å²) in [5.74, 6) is -1.16. The van der Waals surface area contributed by atoms with Gasteiger partial charge in [-0.1, -0.05) is 15.9 Å². The van der Waals surface area contributed by atoms with Crippen molar-refractivity contribution < 1.29 is 12.8 Å². The highest BCUT2D eigenvalue weighted by molar-refractivity contribution is 9.10. The van der Waals surface area contributed by atoms with Crippen LogP contribution in [0.15, 0.2) is 27.6 Å². The van der Waals surface area contributed by atoms with E-state index in [1.54, 1.807) is 6.07 Å². The van der Waals surface area contributed by atoms with Crippen LogP contribution in [0.25, 0.3) is 0 Å². The standard InChI is InChI=1S/C9H7BrFNO2S/c10-7-2-3-8(11)9(6-7)15(13,14)5-1-4-12/h2-3,6H,1,5H2. The highest BCUT2D eigenvalue weighted by Gasteiger charge is 2.18. The van der Waals surface area contributed by atoms with Crippen molar-refractivity contribution in [2.24, 2.45) is 0 Å². The van der Waals surface area contributed by atoms with Gasteiger partial charge in [0, 0.05) is 10.9 Å². The van der Waals surface area contributed by atoms with Gasteiger partial charge in [-0.25, -0.2) is 12.8 Å². The Morgan fingerprint density at radius 3 is 2.73 bits per heavy atom. The third-order valence-electron chi connectivity index (χ3n) is 1.71. The van der Waals surface area contributed by atoms with Gasteiger partial charge in [-0.05, 0) is 18.2 Å². The smallest absolute Gasteiger partial charge is 0.182 e. The van der Waals surface area contributed by atoms with Crippen molar-refractivity contribution in [3.8, 4) is 6.07 Å². The lowest BCUT2D eigenvalue weighted by Crippen LogP contribution is -2.08. The van der Waals surface area contributed by atoms with Crippen LogP contribution in [0.5, 0.6) is 0 Å². The molecule has 15 heavy (non-hydrogen) atoms. The minimum atomic E-state index is -3.70. The van der Waals surface area contributed by atoms with Crippen LogP contribution in [-0.2, 0) is 9.84 Å². The molecular formula is C9H7BrFNO2S. The Labute approximate surface area is 95.6 Å². The highest BCUT2D eigenvalue weighted by Crippen LogP contribution is 2.21. The van der Waals surface area contributed by atoms with Gasteiger partial charge in [-0.3, -0.25) is 0 Å². The second-order valence-electron chi connectivity index (χ2n) is 2.80. The minimum Gasteiger partial charge on any atom is -0.224 e. The molecule has 0 saturated carbocycles. The molecule has 0 aliphatic heterocycles. The van der Waals surface area contributed by atoms with E-state index in [1.165, 1.54) is 12.1 Å². The first kappa shape index (κ1) is 12.1. The Kier molecular flexibility index (Phi) is 3.83. The van der Waals surface area contributed by atoms with E-state index in [1.807, 2.05) is 0 Å². The van der Waals surface area contributed by atoms with Gasteiger partial charge in [0.25, 0.3) is 0 Å². The van der Waals surface area contributed by atoms with Crippen LogP contribution in [0.3, 0.4) is 0 Å². The van der Waals surface area contributed by atoms with Crippen LogP contribution in [0, 0.1) is 17.1 Å². The maximum absolute atomic E-state index is 13.2. The molecule has 0 radical (unpaired) electrons. The summed E-state index contributed by atoms with van der Waals surface area (Å²) in [6.07, 6.45) is -0.145. The van der Waals surface area contributed by atoms with Crippen LogP contribution in [0.1, 0.15) is 6.42 Å². The summed E-state index contributed by atoms with van der Waals surface area (Å²) >= 11 is 3.06. The summed E-state index contributed by atoms with van der Waals surface area (Å²) in [7, 11) is -3.70. The van der Waals surface area contributed by atoms with E-state index in [-0.39, 0.29) is 17.1 Å². The van der Waals surface area contributed by atoms with Gasteiger partial charge in [0.15, 0.2) is 9.84 Å². The van der Waals surface area contributed by atoms with Crippen LogP contribution in [-0.4, -0.2) is 14.2 Å². The Bertz CT molecular complexity index is 507. The van der Waals surface area contributed by atoms with Gasteiger partial charge in [0.1, 0.15) is 10.7 Å². The number of hydrogen-bond acceptors (Lipinski definition) is 3. The predicted molar refractivity (Wildman–Crippen MR) is 56.4 cm³/mol. The molecule has 6 heteroatoms. The van der Waals surface area contributed by atoms with E-state index >= 15 is 0 Å². The summed E-state index contributed by atoms with van der Waals surface area (Å²) in [6.45, 7) is 0. The largest absolute Gasteiger partial charge is 0.224 e. The second kappa shape index (κ2) is 4.73. The summed E-state index contributed by atoms with van der Waals surface area (Å²) < 4.78 is 36.8. The maximum Gasteiger partial charge on any atom is 0.182 e. The SMILES string of the molecule is N#CCCS(=O)(=O)c1cc(Br)ccc1F. The molecule has 3 nitrogen and oxygen atoms in total. The third kappa shape index (κ3) is 3.01. The molecule has 0 heterocycles. The lowest BCUT2D eigenvalue weighted by Gasteiger charge is -2.03. The fraction of sp³-hybridized carbons (Fsp3) is 0.222. The van der Waals surface area contributed by atoms with E-state index < -0.39 is 15.7 Å². The fourth-order valence-corrected chi connectivity index (χ4v) is 2.77. The van der Waals surface area contributed by atoms with Crippen molar-refractivity contribution in [1.29, 1.82) is 5.26 Å². The van der Waals surface area contributed by atoms with Crippen LogP contribution >= 0.6 is 15.9 Å². The number of halogens is 2. The molecule has 0 aliphatic carbocycles. The van der Waals surface area contributed by atoms with Crippen molar-refractivity contribution in [3.63, 3.8) is 0 Å². The van der Waals surface area contributed by atoms with E-state index in [9.17, 15) is 12.8 Å². The van der Waals surface area contributed by atoms with Crippen molar-refractivity contribution in [2.45, 2.75) is 11.3 Å². The summed E-state index contributed by atoms with van der Waals surface area (Å²) in [6, 6.07) is 5.40. The average Bonchev–Trinajstić information content (AvgIpc) is 2.18. The molecule has 0 aromatic heterocycles. The molecule has 1 aromatic carbocycles. The molecular weight excluding hydrogens is 285 g/mol. The lowest BCUT2D eigenvalue weighted by atomic mass is 10.3. The molecule has 0 fully saturated rings. The maximum atomic E-state index is 13.2. The summed E-state index contributed by atoms with van der Waals surface area (Å²) in [5, 5.41) is 8.28. The van der Waals surface area contributed by atoms with Crippen LogP contribution in [0.2, 0.25) is 0 Å². The summed E-state index contributed by atoms with van der Waals surface area (Å²) in [5.41, 5.74) is 0. The molecule has 0 atom stereocenters. The molecule has 0 bridgehead atoms. The van der Waals surface area contributed by atoms with Gasteiger partial charge in [-0.2, -0.15) is 5.26 Å². The Hall–Kier alpha value is -0.930. The Balaban J connectivity index is 3.16. The normalized spacial score (nSPS) is 11.0. The number of nitriles is 1. The zero-order valence-corrected chi connectivity index (χ0v) is 9.98. The van der Waals surface area contributed by atoms with Gasteiger partial charge in [0.05, 0.1) is 11.8 Å². The first-order valence-corrected chi connectivity index (χ1v) is 6.46. The molecule has 0 saturated heterocycles. The molecule has 0 aliphatic rings. The predicted octanol–water partition coefficient (Wildman–Crippen LogP) is 2.28. The van der Waals surface area contributed by atoms with Crippen molar-refractivity contribution >= 4 is 25.8 Å². The average molecular weight is 292 g/mol. The molecule has 80 valence electrons. The molecule has 0 spiro atoms. The van der Waals surface area contributed by atoms with Gasteiger partial charge in [0.2, 0.25) is 0 Å². The number of nitrogens with zero attached hydrogens (tertiary/aromatic N) is 1. The van der Waals surface area contributed by atoms with Crippen LogP contribution in [0.4, 0.5) is 4.39 Å². The Morgan fingerprint density at radius 1 is 1.47 bits per heavy atom. The summed E-state index contributed by atoms with van der Waals surface area (Å²) in [4.78, 5) is -0.368. The van der Waals surface area contributed by atoms with Crippen LogP contribution < -0.4 is 0 Å². The number of hydrogen-bond donors (Lipinski definition) is 0. The monoisotopic (exact) mass is 291 g/mol. The third-order valence-corrected chi connectivity index (χ3v) is 3.93. The van der Waals surface area contributed by atoms with E-state index in [4.69, 9.17) is 5.26 Å². The highest BCUT2D eigenvalue weighted by atomic mass is 79.9. The van der Waals surface area contributed by atoms with Gasteiger partial charge < -0.3 is 0 Å². The lowest BCUT2D eigenvalue weighted by molar-refractivity contribution is 0.566. The molecule has 0 unspecified atom stereocenters. The molecule has 0 N–H and O–H groups in total. The van der Waals surface area contributed by atoms with E-state index in [0.29, 0.717) is 4.47 Å². The molecule has 0 amide bonds. The van der Waals surface area contributed by atoms with Crippen molar-refractivity contribution in [1.82, 2.24) is 0 Å². The van der Waals surface area contributed by atoms with E-state index in [2.05, 4.69) is 15.9 Å². The Morgan fingerprint density at radius 2 is 2.13 bits per heavy atom. The first-order chi connectivity index (χ1) is 6.97. The molecule has 1 rings (SSSR count). The number of rotatable bonds is 3. The minimum absolute atomic E-state index is 0.145. The molecule has 1 aromatic rings. The first-order valence-electron chi connectivity index (χ1n) is 4.02. The van der Waals surface area contributed by atoms with Crippen molar-refractivity contribution in [2.75, 3.05) is 5.75 Å². The fourth-order valence-electron chi connectivity index (χ4n) is 1.01. The van der Waals surface area contributed by atoms with Gasteiger partial charge >= 0.3 is 0 Å². The topological polar surface area (TPSA) is 57.9 Å². The number of benzene rings is 1. The zero-order chi connectivity index (χ0) is 11.5. The van der Waals surface area contributed by atoms with E-state index in [0.717, 1.165) is 6.07 Å². The zero-order valence-electron chi connectivity index (χ0n) is 7.57.